The minimum absolute atomic E-state index is 0.528. The standard InChI is InChI=1S/C45H28O/c1-2-15-31(16-3-1)45(38-22-10-7-19-35(38)43-32-17-5-4-13-29(32)26-28-39(43)45)37-21-9-6-18-33(37)34-27-25-30-14-12-24-41-42(30)44(34)36-20-8-11-23-40(36)46-41/h1-28H. The second kappa shape index (κ2) is 9.54. The molecule has 0 aromatic heterocycles. The summed E-state index contributed by atoms with van der Waals surface area (Å²) in [5.74, 6) is 1.81. The van der Waals surface area contributed by atoms with Crippen LogP contribution in [0.3, 0.4) is 0 Å². The van der Waals surface area contributed by atoms with Gasteiger partial charge in [0.25, 0.3) is 0 Å². The van der Waals surface area contributed by atoms with Crippen molar-refractivity contribution in [3.8, 4) is 44.9 Å². The van der Waals surface area contributed by atoms with E-state index in [1.54, 1.807) is 0 Å². The van der Waals surface area contributed by atoms with E-state index in [2.05, 4.69) is 170 Å². The quantitative estimate of drug-likeness (QED) is 0.201. The number of rotatable bonds is 3. The Morgan fingerprint density at radius 3 is 1.85 bits per heavy atom. The smallest absolute Gasteiger partial charge is 0.135 e. The van der Waals surface area contributed by atoms with Gasteiger partial charge in [0, 0.05) is 16.5 Å². The second-order valence-corrected chi connectivity index (χ2v) is 12.4. The fourth-order valence-corrected chi connectivity index (χ4v) is 8.35. The molecule has 8 aromatic rings. The number of hydrogen-bond acceptors (Lipinski definition) is 1. The van der Waals surface area contributed by atoms with Crippen LogP contribution in [0.1, 0.15) is 22.3 Å². The summed E-state index contributed by atoms with van der Waals surface area (Å²) in [6.07, 6.45) is 0. The van der Waals surface area contributed by atoms with Crippen molar-refractivity contribution in [1.29, 1.82) is 0 Å². The van der Waals surface area contributed by atoms with Crippen molar-refractivity contribution in [1.82, 2.24) is 0 Å². The van der Waals surface area contributed by atoms with Gasteiger partial charge in [-0.05, 0) is 72.8 Å². The Balaban J connectivity index is 1.38. The predicted octanol–water partition coefficient (Wildman–Crippen LogP) is 11.8. The van der Waals surface area contributed by atoms with Crippen molar-refractivity contribution >= 4 is 21.5 Å². The summed E-state index contributed by atoms with van der Waals surface area (Å²) in [6.45, 7) is 0. The molecule has 0 radical (unpaired) electrons. The lowest BCUT2D eigenvalue weighted by Crippen LogP contribution is -2.29. The maximum Gasteiger partial charge on any atom is 0.135 e. The number of hydrogen-bond donors (Lipinski definition) is 0. The number of benzene rings is 8. The molecule has 2 aliphatic rings. The fraction of sp³-hybridized carbons (Fsp3) is 0.0222. The highest BCUT2D eigenvalue weighted by atomic mass is 16.5. The molecule has 46 heavy (non-hydrogen) atoms. The van der Waals surface area contributed by atoms with Gasteiger partial charge in [-0.3, -0.25) is 0 Å². The van der Waals surface area contributed by atoms with Crippen LogP contribution in [0.5, 0.6) is 11.5 Å². The molecule has 1 atom stereocenters. The lowest BCUT2D eigenvalue weighted by Gasteiger charge is -2.36. The molecule has 1 heteroatoms. The van der Waals surface area contributed by atoms with E-state index in [-0.39, 0.29) is 0 Å². The van der Waals surface area contributed by atoms with Gasteiger partial charge < -0.3 is 4.74 Å². The van der Waals surface area contributed by atoms with E-state index in [0.717, 1.165) is 17.1 Å². The Morgan fingerprint density at radius 1 is 0.348 bits per heavy atom. The summed E-state index contributed by atoms with van der Waals surface area (Å²) < 4.78 is 6.49. The van der Waals surface area contributed by atoms with E-state index in [1.165, 1.54) is 71.6 Å². The maximum atomic E-state index is 6.49. The Morgan fingerprint density at radius 2 is 0.978 bits per heavy atom. The molecule has 0 bridgehead atoms. The van der Waals surface area contributed by atoms with E-state index in [4.69, 9.17) is 4.74 Å². The largest absolute Gasteiger partial charge is 0.456 e. The molecule has 0 amide bonds. The molecule has 1 aliphatic heterocycles. The Kier molecular flexibility index (Phi) is 5.27. The third kappa shape index (κ3) is 3.29. The van der Waals surface area contributed by atoms with Gasteiger partial charge in [0.15, 0.2) is 0 Å². The van der Waals surface area contributed by atoms with Gasteiger partial charge in [0.2, 0.25) is 0 Å². The normalized spacial score (nSPS) is 15.7. The van der Waals surface area contributed by atoms with Gasteiger partial charge in [-0.25, -0.2) is 0 Å². The molecule has 1 aliphatic carbocycles. The van der Waals surface area contributed by atoms with Crippen LogP contribution in [-0.4, -0.2) is 0 Å². The molecule has 1 nitrogen and oxygen atoms in total. The molecule has 1 unspecified atom stereocenters. The summed E-state index contributed by atoms with van der Waals surface area (Å²) in [4.78, 5) is 0. The average Bonchev–Trinajstić information content (AvgIpc) is 3.44. The molecule has 8 aromatic carbocycles. The van der Waals surface area contributed by atoms with Crippen molar-refractivity contribution < 1.29 is 4.74 Å². The van der Waals surface area contributed by atoms with Crippen LogP contribution in [-0.2, 0) is 5.41 Å². The fourth-order valence-electron chi connectivity index (χ4n) is 8.35. The molecule has 214 valence electrons. The molecule has 0 saturated carbocycles. The zero-order chi connectivity index (χ0) is 30.2. The van der Waals surface area contributed by atoms with Gasteiger partial charge >= 0.3 is 0 Å². The minimum Gasteiger partial charge on any atom is -0.456 e. The first kappa shape index (κ1) is 25.4. The van der Waals surface area contributed by atoms with E-state index in [1.807, 2.05) is 0 Å². The lowest BCUT2D eigenvalue weighted by molar-refractivity contribution is 0.487. The Hall–Kier alpha value is -5.92. The third-order valence-electron chi connectivity index (χ3n) is 10.1. The molecule has 0 fully saturated rings. The van der Waals surface area contributed by atoms with E-state index >= 15 is 0 Å². The van der Waals surface area contributed by atoms with E-state index in [9.17, 15) is 0 Å². The highest BCUT2D eigenvalue weighted by Gasteiger charge is 2.47. The van der Waals surface area contributed by atoms with Gasteiger partial charge in [-0.1, -0.05) is 158 Å². The van der Waals surface area contributed by atoms with Gasteiger partial charge in [-0.15, -0.1) is 0 Å². The van der Waals surface area contributed by atoms with Crippen molar-refractivity contribution in [2.75, 3.05) is 0 Å². The highest BCUT2D eigenvalue weighted by Crippen LogP contribution is 2.60. The zero-order valence-corrected chi connectivity index (χ0v) is 25.1. The summed E-state index contributed by atoms with van der Waals surface area (Å²) in [7, 11) is 0. The van der Waals surface area contributed by atoms with Crippen LogP contribution in [0, 0.1) is 0 Å². The molecule has 0 N–H and O–H groups in total. The van der Waals surface area contributed by atoms with Crippen molar-refractivity contribution in [3.05, 3.63) is 192 Å². The molecule has 10 rings (SSSR count). The lowest BCUT2D eigenvalue weighted by atomic mass is 9.65. The van der Waals surface area contributed by atoms with Crippen LogP contribution >= 0.6 is 0 Å². The first-order valence-corrected chi connectivity index (χ1v) is 15.9. The SMILES string of the molecule is c1ccc(C2(c3ccccc3-c3ccc4cccc5c4c3-c3ccccc3O5)c3ccccc3-c3c2ccc2ccccc32)cc1. The molecular weight excluding hydrogens is 556 g/mol. The Labute approximate surface area is 268 Å². The van der Waals surface area contributed by atoms with E-state index < -0.39 is 5.41 Å². The van der Waals surface area contributed by atoms with Crippen LogP contribution in [0.15, 0.2) is 170 Å². The summed E-state index contributed by atoms with van der Waals surface area (Å²) in [6, 6.07) is 62.1. The third-order valence-corrected chi connectivity index (χ3v) is 10.1. The van der Waals surface area contributed by atoms with Gasteiger partial charge in [0.05, 0.1) is 5.41 Å². The molecule has 1 heterocycles. The average molecular weight is 585 g/mol. The Bertz CT molecular complexity index is 2510. The topological polar surface area (TPSA) is 9.23 Å². The zero-order valence-electron chi connectivity index (χ0n) is 25.1. The first-order chi connectivity index (χ1) is 22.8. The summed E-state index contributed by atoms with van der Waals surface area (Å²) in [5.41, 5.74) is 12.1. The van der Waals surface area contributed by atoms with Crippen LogP contribution in [0.2, 0.25) is 0 Å². The number of ether oxygens (including phenoxy) is 1. The highest BCUT2D eigenvalue weighted by molar-refractivity contribution is 6.11. The summed E-state index contributed by atoms with van der Waals surface area (Å²) >= 11 is 0. The second-order valence-electron chi connectivity index (χ2n) is 12.4. The predicted molar refractivity (Wildman–Crippen MR) is 190 cm³/mol. The van der Waals surface area contributed by atoms with Crippen LogP contribution in [0.4, 0.5) is 0 Å². The minimum atomic E-state index is -0.528. The maximum absolute atomic E-state index is 6.49. The monoisotopic (exact) mass is 584 g/mol. The summed E-state index contributed by atoms with van der Waals surface area (Å²) in [5, 5.41) is 4.90. The van der Waals surface area contributed by atoms with E-state index in [0.29, 0.717) is 0 Å². The first-order valence-electron chi connectivity index (χ1n) is 15.9. The van der Waals surface area contributed by atoms with Crippen LogP contribution < -0.4 is 4.74 Å². The molecule has 0 saturated heterocycles. The van der Waals surface area contributed by atoms with Crippen molar-refractivity contribution in [3.63, 3.8) is 0 Å². The van der Waals surface area contributed by atoms with Crippen molar-refractivity contribution in [2.24, 2.45) is 0 Å². The number of fused-ring (bicyclic) bond motifs is 7. The molecular formula is C45H28O. The van der Waals surface area contributed by atoms with Gasteiger partial charge in [-0.2, -0.15) is 0 Å². The van der Waals surface area contributed by atoms with Crippen LogP contribution in [0.25, 0.3) is 54.9 Å². The van der Waals surface area contributed by atoms with Crippen molar-refractivity contribution in [2.45, 2.75) is 5.41 Å². The molecule has 0 spiro atoms. The number of para-hydroxylation sites is 1. The van der Waals surface area contributed by atoms with Gasteiger partial charge in [0.1, 0.15) is 11.5 Å².